The van der Waals surface area contributed by atoms with Crippen molar-refractivity contribution in [1.29, 1.82) is 0 Å². The minimum atomic E-state index is -0.949. The normalized spacial score (nSPS) is 10.9. The van der Waals surface area contributed by atoms with Crippen molar-refractivity contribution in [1.82, 2.24) is 4.57 Å². The SMILES string of the molecule is CCOc1ccccc1N=Cc1cccn1-c1cccc(C(=O)O)c1. The molecule has 0 saturated heterocycles. The summed E-state index contributed by atoms with van der Waals surface area (Å²) in [7, 11) is 0. The van der Waals surface area contributed by atoms with Crippen LogP contribution in [0.5, 0.6) is 5.75 Å². The number of aromatic carboxylic acids is 1. The predicted octanol–water partition coefficient (Wildman–Crippen LogP) is 4.32. The van der Waals surface area contributed by atoms with Crippen molar-refractivity contribution in [2.45, 2.75) is 6.92 Å². The fourth-order valence-corrected chi connectivity index (χ4v) is 2.50. The van der Waals surface area contributed by atoms with Crippen molar-refractivity contribution in [3.05, 3.63) is 78.1 Å². The Hall–Kier alpha value is -3.34. The first-order valence-electron chi connectivity index (χ1n) is 7.96. The van der Waals surface area contributed by atoms with E-state index in [-0.39, 0.29) is 5.56 Å². The third-order valence-electron chi connectivity index (χ3n) is 3.65. The Kier molecular flexibility index (Phi) is 4.95. The number of ether oxygens (including phenoxy) is 1. The molecule has 0 unspecified atom stereocenters. The molecule has 3 aromatic rings. The topological polar surface area (TPSA) is 63.8 Å². The zero-order chi connectivity index (χ0) is 17.6. The second-order valence-corrected chi connectivity index (χ2v) is 5.32. The molecule has 1 N–H and O–H groups in total. The lowest BCUT2D eigenvalue weighted by molar-refractivity contribution is 0.0697. The van der Waals surface area contributed by atoms with Gasteiger partial charge in [0, 0.05) is 11.9 Å². The molecule has 0 amide bonds. The maximum absolute atomic E-state index is 11.2. The first kappa shape index (κ1) is 16.5. The number of carboxylic acid groups (broad SMARTS) is 1. The van der Waals surface area contributed by atoms with Gasteiger partial charge in [-0.15, -0.1) is 0 Å². The minimum Gasteiger partial charge on any atom is -0.492 e. The van der Waals surface area contributed by atoms with Crippen LogP contribution in [0.15, 0.2) is 71.9 Å². The van der Waals surface area contributed by atoms with Crippen molar-refractivity contribution in [2.24, 2.45) is 4.99 Å². The Balaban J connectivity index is 1.93. The van der Waals surface area contributed by atoms with E-state index in [1.807, 2.05) is 60.2 Å². The molecule has 0 fully saturated rings. The molecule has 5 heteroatoms. The van der Waals surface area contributed by atoms with Gasteiger partial charge in [-0.25, -0.2) is 4.79 Å². The average molecular weight is 334 g/mol. The number of aliphatic imine (C=N–C) groups is 1. The van der Waals surface area contributed by atoms with Crippen LogP contribution >= 0.6 is 0 Å². The Bertz CT molecular complexity index is 913. The van der Waals surface area contributed by atoms with Gasteiger partial charge in [0.25, 0.3) is 0 Å². The first-order chi connectivity index (χ1) is 12.2. The highest BCUT2D eigenvalue weighted by atomic mass is 16.5. The number of hydrogen-bond donors (Lipinski definition) is 1. The fraction of sp³-hybridized carbons (Fsp3) is 0.100. The number of rotatable bonds is 6. The van der Waals surface area contributed by atoms with Crippen LogP contribution in [0.3, 0.4) is 0 Å². The molecule has 1 aromatic heterocycles. The molecular weight excluding hydrogens is 316 g/mol. The van der Waals surface area contributed by atoms with Gasteiger partial charge in [0.15, 0.2) is 0 Å². The Morgan fingerprint density at radius 3 is 2.80 bits per heavy atom. The van der Waals surface area contributed by atoms with E-state index in [0.717, 1.165) is 22.8 Å². The Morgan fingerprint density at radius 2 is 2.00 bits per heavy atom. The second-order valence-electron chi connectivity index (χ2n) is 5.32. The summed E-state index contributed by atoms with van der Waals surface area (Å²) < 4.78 is 7.47. The van der Waals surface area contributed by atoms with Crippen molar-refractivity contribution in [2.75, 3.05) is 6.61 Å². The van der Waals surface area contributed by atoms with Crippen LogP contribution < -0.4 is 4.74 Å². The maximum atomic E-state index is 11.2. The van der Waals surface area contributed by atoms with Crippen molar-refractivity contribution >= 4 is 17.9 Å². The molecule has 0 spiro atoms. The lowest BCUT2D eigenvalue weighted by atomic mass is 10.2. The monoisotopic (exact) mass is 334 g/mol. The summed E-state index contributed by atoms with van der Waals surface area (Å²) in [6, 6.07) is 18.2. The summed E-state index contributed by atoms with van der Waals surface area (Å²) in [6.07, 6.45) is 3.61. The third kappa shape index (κ3) is 3.77. The van der Waals surface area contributed by atoms with Gasteiger partial charge < -0.3 is 14.4 Å². The van der Waals surface area contributed by atoms with Crippen molar-refractivity contribution < 1.29 is 14.6 Å². The van der Waals surface area contributed by atoms with E-state index in [0.29, 0.717) is 6.61 Å². The summed E-state index contributed by atoms with van der Waals surface area (Å²) in [4.78, 5) is 15.7. The van der Waals surface area contributed by atoms with Gasteiger partial charge in [-0.2, -0.15) is 0 Å². The smallest absolute Gasteiger partial charge is 0.335 e. The molecule has 2 aromatic carbocycles. The summed E-state index contributed by atoms with van der Waals surface area (Å²) in [5.41, 5.74) is 2.60. The molecule has 0 radical (unpaired) electrons. The second kappa shape index (κ2) is 7.49. The van der Waals surface area contributed by atoms with Crippen LogP contribution in [0.1, 0.15) is 23.0 Å². The molecular formula is C20H18N2O3. The predicted molar refractivity (Wildman–Crippen MR) is 97.6 cm³/mol. The summed E-state index contributed by atoms with van der Waals surface area (Å²) >= 11 is 0. The fourth-order valence-electron chi connectivity index (χ4n) is 2.50. The number of nitrogens with zero attached hydrogens (tertiary/aromatic N) is 2. The molecule has 126 valence electrons. The molecule has 0 aliphatic rings. The standard InChI is InChI=1S/C20H18N2O3/c1-2-25-19-11-4-3-10-18(19)21-14-17-9-6-12-22(17)16-8-5-7-15(13-16)20(23)24/h3-14H,2H2,1H3,(H,23,24). The zero-order valence-corrected chi connectivity index (χ0v) is 13.8. The Morgan fingerprint density at radius 1 is 1.16 bits per heavy atom. The molecule has 3 rings (SSSR count). The van der Waals surface area contributed by atoms with Crippen molar-refractivity contribution in [3.8, 4) is 11.4 Å². The number of hydrogen-bond acceptors (Lipinski definition) is 3. The van der Waals surface area contributed by atoms with E-state index >= 15 is 0 Å². The van der Waals surface area contributed by atoms with Crippen LogP contribution in [0.25, 0.3) is 5.69 Å². The van der Waals surface area contributed by atoms with E-state index < -0.39 is 5.97 Å². The highest BCUT2D eigenvalue weighted by molar-refractivity contribution is 5.88. The molecule has 25 heavy (non-hydrogen) atoms. The zero-order valence-electron chi connectivity index (χ0n) is 13.8. The molecule has 0 aliphatic heterocycles. The third-order valence-corrected chi connectivity index (χ3v) is 3.65. The van der Waals surface area contributed by atoms with E-state index in [1.54, 1.807) is 24.4 Å². The number of carbonyl (C=O) groups is 1. The lowest BCUT2D eigenvalue weighted by Crippen LogP contribution is -2.01. The molecule has 1 heterocycles. The quantitative estimate of drug-likeness (QED) is 0.683. The van der Waals surface area contributed by atoms with Gasteiger partial charge in [0.1, 0.15) is 11.4 Å². The van der Waals surface area contributed by atoms with Gasteiger partial charge >= 0.3 is 5.97 Å². The molecule has 0 bridgehead atoms. The number of aromatic nitrogens is 1. The summed E-state index contributed by atoms with van der Waals surface area (Å²) in [6.45, 7) is 2.51. The lowest BCUT2D eigenvalue weighted by Gasteiger charge is -2.08. The maximum Gasteiger partial charge on any atom is 0.335 e. The minimum absolute atomic E-state index is 0.246. The molecule has 0 aliphatic carbocycles. The van der Waals surface area contributed by atoms with Gasteiger partial charge in [-0.1, -0.05) is 18.2 Å². The van der Waals surface area contributed by atoms with Crippen LogP contribution in [0.2, 0.25) is 0 Å². The number of benzene rings is 2. The van der Waals surface area contributed by atoms with Gasteiger partial charge in [-0.05, 0) is 49.4 Å². The summed E-state index contributed by atoms with van der Waals surface area (Å²) in [5, 5.41) is 9.16. The molecule has 5 nitrogen and oxygen atoms in total. The molecule has 0 saturated carbocycles. The van der Waals surface area contributed by atoms with E-state index in [9.17, 15) is 4.79 Å². The largest absolute Gasteiger partial charge is 0.492 e. The number of carboxylic acids is 1. The van der Waals surface area contributed by atoms with Crippen molar-refractivity contribution in [3.63, 3.8) is 0 Å². The highest BCUT2D eigenvalue weighted by Gasteiger charge is 2.07. The summed E-state index contributed by atoms with van der Waals surface area (Å²) in [5.74, 6) is -0.220. The van der Waals surface area contributed by atoms with Crippen LogP contribution in [0, 0.1) is 0 Å². The van der Waals surface area contributed by atoms with Gasteiger partial charge in [-0.3, -0.25) is 4.99 Å². The van der Waals surface area contributed by atoms with Crippen LogP contribution in [-0.2, 0) is 0 Å². The Labute approximate surface area is 145 Å². The van der Waals surface area contributed by atoms with E-state index in [2.05, 4.69) is 4.99 Å². The highest BCUT2D eigenvalue weighted by Crippen LogP contribution is 2.26. The van der Waals surface area contributed by atoms with E-state index in [4.69, 9.17) is 9.84 Å². The van der Waals surface area contributed by atoms with Gasteiger partial charge in [0.05, 0.1) is 24.1 Å². The van der Waals surface area contributed by atoms with Crippen LogP contribution in [-0.4, -0.2) is 28.5 Å². The van der Waals surface area contributed by atoms with E-state index in [1.165, 1.54) is 0 Å². The first-order valence-corrected chi connectivity index (χ1v) is 7.96. The molecule has 0 atom stereocenters. The number of para-hydroxylation sites is 2. The van der Waals surface area contributed by atoms with Crippen LogP contribution in [0.4, 0.5) is 5.69 Å². The average Bonchev–Trinajstić information content (AvgIpc) is 3.10. The van der Waals surface area contributed by atoms with Gasteiger partial charge in [0.2, 0.25) is 0 Å².